The van der Waals surface area contributed by atoms with Crippen molar-refractivity contribution in [2.24, 2.45) is 0 Å². The first kappa shape index (κ1) is 21.4. The van der Waals surface area contributed by atoms with Crippen molar-refractivity contribution in [1.29, 1.82) is 0 Å². The molecule has 0 amide bonds. The monoisotopic (exact) mass is 348 g/mol. The summed E-state index contributed by atoms with van der Waals surface area (Å²) in [6.45, 7) is 1.37. The third kappa shape index (κ3) is 3.95. The summed E-state index contributed by atoms with van der Waals surface area (Å²) in [5.41, 5.74) is -1.37. The summed E-state index contributed by atoms with van der Waals surface area (Å²) in [5, 5.41) is 19.5. The van der Waals surface area contributed by atoms with E-state index in [4.69, 9.17) is 4.42 Å². The van der Waals surface area contributed by atoms with Crippen LogP contribution in [0.1, 0.15) is 18.1 Å². The molecular formula is C18H14FLiN2O4-2. The van der Waals surface area contributed by atoms with Gasteiger partial charge in [-0.05, 0) is 17.7 Å². The van der Waals surface area contributed by atoms with Crippen molar-refractivity contribution in [1.82, 2.24) is 4.57 Å². The van der Waals surface area contributed by atoms with Gasteiger partial charge in [0.1, 0.15) is 11.6 Å². The van der Waals surface area contributed by atoms with Gasteiger partial charge in [0.15, 0.2) is 5.56 Å². The van der Waals surface area contributed by atoms with Crippen molar-refractivity contribution in [3.05, 3.63) is 87.1 Å². The van der Waals surface area contributed by atoms with Gasteiger partial charge in [-0.15, -0.1) is 5.56 Å². The Kier molecular flexibility index (Phi) is 6.73. The summed E-state index contributed by atoms with van der Waals surface area (Å²) in [6.07, 6.45) is 2.65. The third-order valence-electron chi connectivity index (χ3n) is 3.49. The molecule has 0 unspecified atom stereocenters. The van der Waals surface area contributed by atoms with Crippen LogP contribution in [0, 0.1) is 19.4 Å². The van der Waals surface area contributed by atoms with Gasteiger partial charge in [0, 0.05) is 11.9 Å². The van der Waals surface area contributed by atoms with E-state index in [9.17, 15) is 24.5 Å². The molecule has 0 bridgehead atoms. The molecule has 0 aliphatic carbocycles. The molecule has 0 saturated carbocycles. The Bertz CT molecular complexity index is 1070. The fourth-order valence-corrected chi connectivity index (χ4v) is 2.36. The van der Waals surface area contributed by atoms with Gasteiger partial charge in [0.25, 0.3) is 0 Å². The van der Waals surface area contributed by atoms with E-state index in [0.29, 0.717) is 5.56 Å². The van der Waals surface area contributed by atoms with Crippen molar-refractivity contribution < 1.29 is 32.8 Å². The fourth-order valence-electron chi connectivity index (χ4n) is 2.36. The van der Waals surface area contributed by atoms with Crippen LogP contribution in [0.15, 0.2) is 44.3 Å². The fraction of sp³-hybridized carbons (Fsp3) is 0.111. The molecule has 2 aromatic heterocycles. The van der Waals surface area contributed by atoms with E-state index < -0.39 is 22.8 Å². The van der Waals surface area contributed by atoms with Crippen LogP contribution in [0.5, 0.6) is 5.75 Å². The molecule has 0 saturated heterocycles. The number of aromatic nitrogens is 1. The van der Waals surface area contributed by atoms with Gasteiger partial charge in [-0.1, -0.05) is 25.3 Å². The average Bonchev–Trinajstić information content (AvgIpc) is 2.51. The maximum absolute atomic E-state index is 13.0. The zero-order chi connectivity index (χ0) is 17.4. The second-order valence-corrected chi connectivity index (χ2v) is 5.24. The summed E-state index contributed by atoms with van der Waals surface area (Å²) in [6, 6.07) is 6.28. The number of fused-ring (bicyclic) bond motifs is 1. The molecule has 26 heavy (non-hydrogen) atoms. The van der Waals surface area contributed by atoms with Gasteiger partial charge in [-0.25, -0.2) is 9.18 Å². The average molecular weight is 348 g/mol. The summed E-state index contributed by atoms with van der Waals surface area (Å²) in [5.74, 6) is -0.955. The smallest absolute Gasteiger partial charge is 0.859 e. The van der Waals surface area contributed by atoms with E-state index in [1.54, 1.807) is 0 Å². The van der Waals surface area contributed by atoms with Gasteiger partial charge in [0.2, 0.25) is 0 Å². The minimum atomic E-state index is -0.855. The number of hydrogen-bond acceptors (Lipinski definition) is 4. The van der Waals surface area contributed by atoms with Crippen LogP contribution in [0.2, 0.25) is 0 Å². The standard InChI is InChI=1S/C17H11FN2O4.CH3.Li/c1-9(19)12-8-20(7-10-2-4-11(18)5-3-10)17(23)15-13(21)6-14(22)24-16(12)15;;/h2-6,21H,7H2,1H3;1H3;/q-2;-1;+1. The van der Waals surface area contributed by atoms with Gasteiger partial charge < -0.3 is 31.7 Å². The molecule has 0 spiro atoms. The molecule has 3 rings (SSSR count). The second-order valence-electron chi connectivity index (χ2n) is 5.24. The molecule has 6 nitrogen and oxygen atoms in total. The van der Waals surface area contributed by atoms with Gasteiger partial charge in [0.05, 0.1) is 11.6 Å². The van der Waals surface area contributed by atoms with Gasteiger partial charge in [-0.3, -0.25) is 5.71 Å². The SMILES string of the molecule is CC(=[N-])c1[c-]n(Cc2ccc(F)cc2)c(=O)c2c(O)cc(=O)oc12.[CH3-].[Li+]. The molecule has 1 N–H and O–H groups in total. The minimum absolute atomic E-state index is 0. The maximum Gasteiger partial charge on any atom is 1.00 e. The van der Waals surface area contributed by atoms with Crippen LogP contribution in [-0.2, 0) is 6.54 Å². The minimum Gasteiger partial charge on any atom is -0.859 e. The Morgan fingerprint density at radius 1 is 1.31 bits per heavy atom. The molecular weight excluding hydrogens is 334 g/mol. The Morgan fingerprint density at radius 2 is 1.92 bits per heavy atom. The molecule has 0 fully saturated rings. The van der Waals surface area contributed by atoms with E-state index in [0.717, 1.165) is 10.6 Å². The van der Waals surface area contributed by atoms with E-state index >= 15 is 0 Å². The first-order chi connectivity index (χ1) is 11.4. The Morgan fingerprint density at radius 3 is 2.50 bits per heavy atom. The molecule has 1 aromatic carbocycles. The number of pyridine rings is 1. The summed E-state index contributed by atoms with van der Waals surface area (Å²) >= 11 is 0. The van der Waals surface area contributed by atoms with Crippen molar-refractivity contribution >= 4 is 16.7 Å². The zero-order valence-corrected chi connectivity index (χ0v) is 14.5. The quantitative estimate of drug-likeness (QED) is 0.391. The molecule has 3 aromatic rings. The van der Waals surface area contributed by atoms with E-state index in [1.807, 2.05) is 0 Å². The molecule has 0 atom stereocenters. The Labute approximate surface area is 160 Å². The van der Waals surface area contributed by atoms with Crippen molar-refractivity contribution in [3.63, 3.8) is 0 Å². The molecule has 8 heteroatoms. The number of benzene rings is 1. The Hall–Kier alpha value is -2.62. The van der Waals surface area contributed by atoms with E-state index in [1.165, 1.54) is 31.2 Å². The maximum atomic E-state index is 13.0. The van der Waals surface area contributed by atoms with Gasteiger partial charge in [-0.2, -0.15) is 0 Å². The number of rotatable bonds is 3. The molecule has 0 aliphatic rings. The number of hydrogen-bond donors (Lipinski definition) is 1. The van der Waals surface area contributed by atoms with E-state index in [-0.39, 0.29) is 55.1 Å². The summed E-state index contributed by atoms with van der Waals surface area (Å²) in [7, 11) is 0. The van der Waals surface area contributed by atoms with Crippen LogP contribution in [0.4, 0.5) is 4.39 Å². The van der Waals surface area contributed by atoms with Crippen LogP contribution in [0.25, 0.3) is 16.4 Å². The molecule has 2 heterocycles. The van der Waals surface area contributed by atoms with Crippen molar-refractivity contribution in [2.75, 3.05) is 0 Å². The number of halogens is 1. The summed E-state index contributed by atoms with van der Waals surface area (Å²) < 4.78 is 19.0. The Balaban J connectivity index is 0.00000169. The predicted molar refractivity (Wildman–Crippen MR) is 92.3 cm³/mol. The van der Waals surface area contributed by atoms with E-state index in [2.05, 4.69) is 6.20 Å². The molecule has 0 aliphatic heterocycles. The predicted octanol–water partition coefficient (Wildman–Crippen LogP) is -0.519. The first-order valence-corrected chi connectivity index (χ1v) is 6.97. The van der Waals surface area contributed by atoms with Gasteiger partial charge >= 0.3 is 24.5 Å². The van der Waals surface area contributed by atoms with Crippen LogP contribution >= 0.6 is 0 Å². The topological polar surface area (TPSA) is 94.7 Å². The van der Waals surface area contributed by atoms with Crippen molar-refractivity contribution in [2.45, 2.75) is 13.5 Å². The zero-order valence-electron chi connectivity index (χ0n) is 14.5. The first-order valence-electron chi connectivity index (χ1n) is 6.97. The largest absolute Gasteiger partial charge is 1.00 e. The van der Waals surface area contributed by atoms with Crippen LogP contribution < -0.4 is 30.0 Å². The number of nitrogens with zero attached hydrogens (tertiary/aromatic N) is 2. The number of aromatic hydroxyl groups is 1. The molecule has 0 radical (unpaired) electrons. The molecule has 130 valence electrons. The normalized spacial score (nSPS) is 10.1. The van der Waals surface area contributed by atoms with Crippen molar-refractivity contribution in [3.8, 4) is 5.75 Å². The van der Waals surface area contributed by atoms with Crippen LogP contribution in [0.3, 0.4) is 0 Å². The third-order valence-corrected chi connectivity index (χ3v) is 3.49. The van der Waals surface area contributed by atoms with Crippen LogP contribution in [-0.4, -0.2) is 15.4 Å². The second kappa shape index (κ2) is 8.17. The summed E-state index contributed by atoms with van der Waals surface area (Å²) in [4.78, 5) is 24.0.